The van der Waals surface area contributed by atoms with Gasteiger partial charge in [0, 0.05) is 33.8 Å². The normalized spacial score (nSPS) is 22.0. The van der Waals surface area contributed by atoms with Gasteiger partial charge in [-0.2, -0.15) is 0 Å². The largest absolute Gasteiger partial charge is 0.469 e. The highest BCUT2D eigenvalue weighted by Gasteiger charge is 2.36. The number of hydrogen-bond donors (Lipinski definition) is 1. The number of likely N-dealkylation sites (tertiary alicyclic amines) is 1. The minimum atomic E-state index is -0.276. The fraction of sp³-hybridized carbons (Fsp3) is 0.556. The summed E-state index contributed by atoms with van der Waals surface area (Å²) in [6.07, 6.45) is -0.228. The van der Waals surface area contributed by atoms with Gasteiger partial charge in [-0.15, -0.1) is 0 Å². The summed E-state index contributed by atoms with van der Waals surface area (Å²) in [6.45, 7) is 3.82. The maximum Gasteiger partial charge on any atom is 0.310 e. The number of ether oxygens (including phenoxy) is 2. The number of rotatable bonds is 5. The van der Waals surface area contributed by atoms with Crippen LogP contribution in [-0.4, -0.2) is 57.7 Å². The first-order chi connectivity index (χ1) is 12.0. The first-order valence-corrected chi connectivity index (χ1v) is 8.31. The molecule has 2 rings (SSSR count). The van der Waals surface area contributed by atoms with E-state index in [4.69, 9.17) is 9.47 Å². The van der Waals surface area contributed by atoms with Gasteiger partial charge >= 0.3 is 5.97 Å². The Morgan fingerprint density at radius 2 is 2.04 bits per heavy atom. The number of carbonyl (C=O) groups is 1. The summed E-state index contributed by atoms with van der Waals surface area (Å²) < 4.78 is 23.4. The summed E-state index contributed by atoms with van der Waals surface area (Å²) in [5.41, 5.74) is 0.883. The number of guanidine groups is 1. The Morgan fingerprint density at radius 3 is 2.60 bits per heavy atom. The fourth-order valence-electron chi connectivity index (χ4n) is 3.13. The summed E-state index contributed by atoms with van der Waals surface area (Å²) in [4.78, 5) is 18.2. The van der Waals surface area contributed by atoms with Gasteiger partial charge in [0.25, 0.3) is 0 Å². The van der Waals surface area contributed by atoms with Gasteiger partial charge in [-0.05, 0) is 23.6 Å². The smallest absolute Gasteiger partial charge is 0.310 e. The first kappa shape index (κ1) is 19.2. The Labute approximate surface area is 148 Å². The fourth-order valence-corrected chi connectivity index (χ4v) is 3.13. The molecule has 1 fully saturated rings. The third-order valence-corrected chi connectivity index (χ3v) is 4.60. The molecule has 1 saturated heterocycles. The minimum Gasteiger partial charge on any atom is -0.469 e. The molecule has 0 spiro atoms. The van der Waals surface area contributed by atoms with Crippen molar-refractivity contribution in [2.24, 2.45) is 16.8 Å². The second-order valence-electron chi connectivity index (χ2n) is 6.22. The van der Waals surface area contributed by atoms with Crippen molar-refractivity contribution in [1.82, 2.24) is 10.2 Å². The number of nitrogens with zero attached hydrogens (tertiary/aromatic N) is 2. The molecule has 0 aromatic heterocycles. The zero-order chi connectivity index (χ0) is 18.4. The van der Waals surface area contributed by atoms with Crippen LogP contribution in [0.3, 0.4) is 0 Å². The maximum atomic E-state index is 13.1. The van der Waals surface area contributed by atoms with Crippen LogP contribution in [0.5, 0.6) is 0 Å². The van der Waals surface area contributed by atoms with Crippen molar-refractivity contribution >= 4 is 11.9 Å². The van der Waals surface area contributed by atoms with Crippen LogP contribution in [0, 0.1) is 17.7 Å². The van der Waals surface area contributed by atoms with E-state index in [-0.39, 0.29) is 29.7 Å². The van der Waals surface area contributed by atoms with Crippen molar-refractivity contribution in [3.63, 3.8) is 0 Å². The number of aliphatic imine (C=N–C) groups is 1. The molecular weight excluding hydrogens is 325 g/mol. The van der Waals surface area contributed by atoms with E-state index in [9.17, 15) is 9.18 Å². The van der Waals surface area contributed by atoms with Crippen molar-refractivity contribution < 1.29 is 18.7 Å². The topological polar surface area (TPSA) is 63.2 Å². The van der Waals surface area contributed by atoms with Gasteiger partial charge in [0.2, 0.25) is 0 Å². The molecule has 3 atom stereocenters. The lowest BCUT2D eigenvalue weighted by Crippen LogP contribution is -2.42. The number of halogens is 1. The Bertz CT molecular complexity index is 606. The first-order valence-electron chi connectivity index (χ1n) is 8.31. The predicted molar refractivity (Wildman–Crippen MR) is 93.8 cm³/mol. The van der Waals surface area contributed by atoms with Crippen molar-refractivity contribution in [1.29, 1.82) is 0 Å². The van der Waals surface area contributed by atoms with Gasteiger partial charge < -0.3 is 19.7 Å². The average molecular weight is 351 g/mol. The molecule has 1 N–H and O–H groups in total. The van der Waals surface area contributed by atoms with Crippen LogP contribution in [0.1, 0.15) is 18.6 Å². The lowest BCUT2D eigenvalue weighted by atomic mass is 9.99. The zero-order valence-electron chi connectivity index (χ0n) is 15.2. The molecule has 1 aromatic carbocycles. The summed E-state index contributed by atoms with van der Waals surface area (Å²) >= 11 is 0. The van der Waals surface area contributed by atoms with Crippen molar-refractivity contribution in [3.8, 4) is 0 Å². The van der Waals surface area contributed by atoms with Crippen molar-refractivity contribution in [2.75, 3.05) is 40.9 Å². The van der Waals surface area contributed by atoms with E-state index in [1.165, 1.54) is 19.2 Å². The molecule has 0 saturated carbocycles. The molecule has 0 amide bonds. The number of carbonyl (C=O) groups excluding carboxylic acids is 1. The molecule has 1 heterocycles. The number of hydrogen-bond acceptors (Lipinski definition) is 4. The molecule has 7 heteroatoms. The van der Waals surface area contributed by atoms with Crippen LogP contribution in [0.4, 0.5) is 4.39 Å². The molecule has 6 nitrogen and oxygen atoms in total. The standard InChI is InChI=1S/C18H26FN3O3/c1-12-10-22(11-15(12)17(23)25-4)18(20-2)21-9-16(24-3)13-5-7-14(19)8-6-13/h5-8,12,15-16H,9-11H2,1-4H3,(H,20,21). The predicted octanol–water partition coefficient (Wildman–Crippen LogP) is 1.83. The van der Waals surface area contributed by atoms with Gasteiger partial charge in [-0.1, -0.05) is 19.1 Å². The highest BCUT2D eigenvalue weighted by molar-refractivity contribution is 5.82. The number of esters is 1. The second kappa shape index (κ2) is 8.80. The van der Waals surface area contributed by atoms with E-state index < -0.39 is 0 Å². The van der Waals surface area contributed by atoms with Crippen LogP contribution in [0.15, 0.2) is 29.3 Å². The molecule has 0 bridgehead atoms. The monoisotopic (exact) mass is 351 g/mol. The lowest BCUT2D eigenvalue weighted by Gasteiger charge is -2.24. The number of methoxy groups -OCH3 is 2. The average Bonchev–Trinajstić information content (AvgIpc) is 3.01. The Balaban J connectivity index is 1.98. The van der Waals surface area contributed by atoms with Crippen molar-refractivity contribution in [3.05, 3.63) is 35.6 Å². The van der Waals surface area contributed by atoms with E-state index in [1.54, 1.807) is 26.3 Å². The molecule has 0 radical (unpaired) electrons. The van der Waals surface area contributed by atoms with Crippen LogP contribution in [-0.2, 0) is 14.3 Å². The van der Waals surface area contributed by atoms with E-state index in [2.05, 4.69) is 10.3 Å². The van der Waals surface area contributed by atoms with E-state index in [0.29, 0.717) is 19.0 Å². The summed E-state index contributed by atoms with van der Waals surface area (Å²) in [5.74, 6) is 0.288. The van der Waals surface area contributed by atoms with E-state index in [0.717, 1.165) is 12.1 Å². The second-order valence-corrected chi connectivity index (χ2v) is 6.22. The number of benzene rings is 1. The molecule has 0 aliphatic carbocycles. The molecule has 25 heavy (non-hydrogen) atoms. The highest BCUT2D eigenvalue weighted by atomic mass is 19.1. The van der Waals surface area contributed by atoms with Gasteiger partial charge in [-0.3, -0.25) is 9.79 Å². The van der Waals surface area contributed by atoms with Gasteiger partial charge in [0.05, 0.1) is 19.1 Å². The third kappa shape index (κ3) is 4.69. The molecule has 3 unspecified atom stereocenters. The van der Waals surface area contributed by atoms with Crippen LogP contribution < -0.4 is 5.32 Å². The van der Waals surface area contributed by atoms with Crippen LogP contribution >= 0.6 is 0 Å². The lowest BCUT2D eigenvalue weighted by molar-refractivity contribution is -0.145. The number of nitrogens with one attached hydrogen (secondary N) is 1. The Hall–Kier alpha value is -2.15. The van der Waals surface area contributed by atoms with E-state index >= 15 is 0 Å². The minimum absolute atomic E-state index is 0.154. The van der Waals surface area contributed by atoms with E-state index in [1.807, 2.05) is 11.8 Å². The van der Waals surface area contributed by atoms with Gasteiger partial charge in [0.15, 0.2) is 5.96 Å². The van der Waals surface area contributed by atoms with Gasteiger partial charge in [0.1, 0.15) is 5.82 Å². The quantitative estimate of drug-likeness (QED) is 0.498. The third-order valence-electron chi connectivity index (χ3n) is 4.60. The molecule has 1 aliphatic rings. The Morgan fingerprint density at radius 1 is 1.36 bits per heavy atom. The highest BCUT2D eigenvalue weighted by Crippen LogP contribution is 2.24. The maximum absolute atomic E-state index is 13.1. The molecular formula is C18H26FN3O3. The summed E-state index contributed by atoms with van der Waals surface area (Å²) in [7, 11) is 4.73. The van der Waals surface area contributed by atoms with Crippen LogP contribution in [0.25, 0.3) is 0 Å². The van der Waals surface area contributed by atoms with Crippen molar-refractivity contribution in [2.45, 2.75) is 13.0 Å². The molecule has 1 aliphatic heterocycles. The molecule has 138 valence electrons. The van der Waals surface area contributed by atoms with Crippen LogP contribution in [0.2, 0.25) is 0 Å². The van der Waals surface area contributed by atoms with Gasteiger partial charge in [-0.25, -0.2) is 4.39 Å². The SMILES string of the molecule is CN=C(NCC(OC)c1ccc(F)cc1)N1CC(C)C(C(=O)OC)C1. The zero-order valence-corrected chi connectivity index (χ0v) is 15.2. The molecule has 1 aromatic rings. The summed E-state index contributed by atoms with van der Waals surface area (Å²) in [5, 5.41) is 3.28. The Kier molecular flexibility index (Phi) is 6.75. The summed E-state index contributed by atoms with van der Waals surface area (Å²) in [6, 6.07) is 6.25.